The highest BCUT2D eigenvalue weighted by Crippen LogP contribution is 2.31. The largest absolute Gasteiger partial charge is 0.488 e. The van der Waals surface area contributed by atoms with Crippen LogP contribution in [-0.4, -0.2) is 65.5 Å². The highest BCUT2D eigenvalue weighted by atomic mass is 19.1. The number of aromatic nitrogens is 1. The van der Waals surface area contributed by atoms with Crippen LogP contribution in [0.2, 0.25) is 0 Å². The number of unbranched alkanes of at least 4 members (excludes halogenated alkanes) is 1. The molecule has 0 saturated carbocycles. The number of rotatable bonds is 8. The molecule has 3 heterocycles. The van der Waals surface area contributed by atoms with Crippen LogP contribution in [0.3, 0.4) is 0 Å². The Bertz CT molecular complexity index is 1150. The summed E-state index contributed by atoms with van der Waals surface area (Å²) < 4.78 is 57.1. The van der Waals surface area contributed by atoms with Gasteiger partial charge in [-0.05, 0) is 58.2 Å². The molecule has 202 valence electrons. The lowest BCUT2D eigenvalue weighted by Crippen LogP contribution is -2.53. The minimum Gasteiger partial charge on any atom is -0.488 e. The predicted molar refractivity (Wildman–Crippen MR) is 139 cm³/mol. The number of H-pyrrole nitrogens is 1. The van der Waals surface area contributed by atoms with Gasteiger partial charge in [-0.3, -0.25) is 14.2 Å². The van der Waals surface area contributed by atoms with E-state index in [0.29, 0.717) is 19.0 Å². The van der Waals surface area contributed by atoms with E-state index in [1.54, 1.807) is 13.8 Å². The zero-order chi connectivity index (χ0) is 26.6. The van der Waals surface area contributed by atoms with Crippen LogP contribution in [0.4, 0.5) is 17.6 Å². The second-order valence-corrected chi connectivity index (χ2v) is 10.8. The molecule has 4 nitrogen and oxygen atoms in total. The Morgan fingerprint density at radius 3 is 2.43 bits per heavy atom. The van der Waals surface area contributed by atoms with Crippen LogP contribution < -0.4 is 4.74 Å². The number of hydrogen-bond acceptors (Lipinski definition) is 3. The average molecular weight is 520 g/mol. The van der Waals surface area contributed by atoms with Crippen molar-refractivity contribution in [3.8, 4) is 5.75 Å². The van der Waals surface area contributed by atoms with Crippen LogP contribution in [0.15, 0.2) is 42.5 Å². The molecule has 1 saturated heterocycles. The van der Waals surface area contributed by atoms with Gasteiger partial charge in [-0.15, -0.1) is 0 Å². The molecule has 1 fully saturated rings. The summed E-state index contributed by atoms with van der Waals surface area (Å²) in [5.74, 6) is -1.05. The summed E-state index contributed by atoms with van der Waals surface area (Å²) in [4.78, 5) is 7.86. The molecule has 37 heavy (non-hydrogen) atoms. The zero-order valence-electron chi connectivity index (χ0n) is 21.9. The average Bonchev–Trinajstić information content (AvgIpc) is 3.14. The number of alkyl halides is 2. The second-order valence-electron chi connectivity index (χ2n) is 10.8. The van der Waals surface area contributed by atoms with E-state index < -0.39 is 17.3 Å². The number of hydrogen-bond donors (Lipinski definition) is 1. The molecule has 2 aliphatic rings. The lowest BCUT2D eigenvalue weighted by atomic mass is 9.96. The van der Waals surface area contributed by atoms with Crippen LogP contribution in [0.5, 0.6) is 5.75 Å². The molecule has 0 unspecified atom stereocenters. The Morgan fingerprint density at radius 1 is 1.05 bits per heavy atom. The predicted octanol–water partition coefficient (Wildman–Crippen LogP) is 6.44. The van der Waals surface area contributed by atoms with Crippen LogP contribution in [-0.2, 0) is 13.0 Å². The molecule has 0 amide bonds. The molecular formula is C29H37F4N3O. The highest BCUT2D eigenvalue weighted by Gasteiger charge is 2.30. The third kappa shape index (κ3) is 7.48. The molecule has 0 bridgehead atoms. The molecule has 1 N–H and O–H groups in total. The first-order valence-electron chi connectivity index (χ1n) is 13.0. The Labute approximate surface area is 216 Å². The van der Waals surface area contributed by atoms with Crippen molar-refractivity contribution >= 4 is 10.9 Å². The molecule has 3 aromatic rings. The number of aromatic amines is 1. The smallest absolute Gasteiger partial charge is 0.129 e. The molecule has 0 radical (unpaired) electrons. The minimum absolute atomic E-state index is 0.0309. The van der Waals surface area contributed by atoms with Crippen molar-refractivity contribution < 1.29 is 22.3 Å². The van der Waals surface area contributed by atoms with Gasteiger partial charge in [0.15, 0.2) is 0 Å². The molecular weight excluding hydrogens is 482 g/mol. The summed E-state index contributed by atoms with van der Waals surface area (Å²) in [6.07, 6.45) is 2.38. The Morgan fingerprint density at radius 2 is 1.76 bits per heavy atom. The van der Waals surface area contributed by atoms with Crippen molar-refractivity contribution in [3.05, 3.63) is 65.4 Å². The van der Waals surface area contributed by atoms with E-state index in [1.807, 2.05) is 0 Å². The summed E-state index contributed by atoms with van der Waals surface area (Å²) in [6, 6.07) is 12.0. The van der Waals surface area contributed by atoms with Gasteiger partial charge in [0, 0.05) is 67.0 Å². The lowest BCUT2D eigenvalue weighted by Gasteiger charge is -2.39. The maximum Gasteiger partial charge on any atom is 0.129 e. The minimum atomic E-state index is -1.14. The number of likely N-dealkylation sites (tertiary alicyclic amines) is 1. The fraction of sp³-hybridized carbons (Fsp3) is 0.517. The van der Waals surface area contributed by atoms with Gasteiger partial charge in [0.25, 0.3) is 0 Å². The Balaban J connectivity index is 0.000000173. The molecule has 2 aliphatic heterocycles. The van der Waals surface area contributed by atoms with Crippen LogP contribution in [0, 0.1) is 11.6 Å². The SMILES string of the molecule is C[C@@H]1Cc2c([nH]c3ccccc23)CN1CC(C)(C)F.FCCCCN1CC(Oc2cc(F)cc(F)c2)C1. The van der Waals surface area contributed by atoms with Gasteiger partial charge < -0.3 is 9.72 Å². The summed E-state index contributed by atoms with van der Waals surface area (Å²) in [5, 5.41) is 1.32. The van der Waals surface area contributed by atoms with Crippen molar-refractivity contribution in [3.63, 3.8) is 0 Å². The highest BCUT2D eigenvalue weighted by molar-refractivity contribution is 5.84. The number of nitrogens with zero attached hydrogens (tertiary/aromatic N) is 2. The van der Waals surface area contributed by atoms with Gasteiger partial charge in [0.05, 0.1) is 6.67 Å². The first-order chi connectivity index (χ1) is 17.6. The van der Waals surface area contributed by atoms with Crippen LogP contribution in [0.1, 0.15) is 44.9 Å². The quantitative estimate of drug-likeness (QED) is 0.275. The number of para-hydroxylation sites is 1. The molecule has 1 atom stereocenters. The number of benzene rings is 2. The topological polar surface area (TPSA) is 31.5 Å². The molecule has 0 aliphatic carbocycles. The van der Waals surface area contributed by atoms with Crippen molar-refractivity contribution in [2.75, 3.05) is 32.9 Å². The zero-order valence-corrected chi connectivity index (χ0v) is 21.9. The number of halogens is 4. The van der Waals surface area contributed by atoms with Gasteiger partial charge in [0.1, 0.15) is 29.2 Å². The third-order valence-electron chi connectivity index (χ3n) is 6.89. The normalized spacial score (nSPS) is 18.7. The van der Waals surface area contributed by atoms with Gasteiger partial charge in [-0.2, -0.15) is 0 Å². The van der Waals surface area contributed by atoms with E-state index in [1.165, 1.54) is 34.3 Å². The number of ether oxygens (including phenoxy) is 1. The molecule has 5 rings (SSSR count). The van der Waals surface area contributed by atoms with Crippen molar-refractivity contribution in [1.82, 2.24) is 14.8 Å². The van der Waals surface area contributed by atoms with Gasteiger partial charge in [0.2, 0.25) is 0 Å². The monoisotopic (exact) mass is 519 g/mol. The summed E-state index contributed by atoms with van der Waals surface area (Å²) in [7, 11) is 0. The fourth-order valence-corrected chi connectivity index (χ4v) is 5.10. The Kier molecular flexibility index (Phi) is 8.80. The molecule has 2 aromatic carbocycles. The lowest BCUT2D eigenvalue weighted by molar-refractivity contribution is 0.0186. The van der Waals surface area contributed by atoms with Gasteiger partial charge >= 0.3 is 0 Å². The van der Waals surface area contributed by atoms with E-state index >= 15 is 0 Å². The molecule has 1 aromatic heterocycles. The first-order valence-corrected chi connectivity index (χ1v) is 13.0. The Hall–Kier alpha value is -2.58. The van der Waals surface area contributed by atoms with Crippen LogP contribution in [0.25, 0.3) is 10.9 Å². The van der Waals surface area contributed by atoms with E-state index in [9.17, 15) is 17.6 Å². The maximum absolute atomic E-state index is 13.9. The van der Waals surface area contributed by atoms with Gasteiger partial charge in [-0.1, -0.05) is 18.2 Å². The summed E-state index contributed by atoms with van der Waals surface area (Å²) >= 11 is 0. The van der Waals surface area contributed by atoms with E-state index in [4.69, 9.17) is 4.74 Å². The maximum atomic E-state index is 13.9. The fourth-order valence-electron chi connectivity index (χ4n) is 5.10. The molecule has 8 heteroatoms. The van der Waals surface area contributed by atoms with Crippen molar-refractivity contribution in [1.29, 1.82) is 0 Å². The van der Waals surface area contributed by atoms with Crippen molar-refractivity contribution in [2.45, 2.75) is 64.4 Å². The third-order valence-corrected chi connectivity index (χ3v) is 6.89. The number of fused-ring (bicyclic) bond motifs is 3. The first kappa shape index (κ1) is 27.5. The summed E-state index contributed by atoms with van der Waals surface area (Å²) in [6.45, 7) is 8.82. The van der Waals surface area contributed by atoms with E-state index in [2.05, 4.69) is 46.0 Å². The standard InChI is InChI=1S/C16H21FN2.C13H16F3NO/c1-11-8-13-12-6-4-5-7-14(12)18-15(13)9-19(11)10-16(2,3)17;14-3-1-2-4-17-8-13(9-17)18-12-6-10(15)5-11(16)7-12/h4-7,11,18H,8-10H2,1-3H3;5-7,13H,1-4,8-9H2/t11-;/m1./s1. The van der Waals surface area contributed by atoms with E-state index in [-0.39, 0.29) is 18.5 Å². The van der Waals surface area contributed by atoms with Gasteiger partial charge in [-0.25, -0.2) is 13.2 Å². The number of nitrogens with one attached hydrogen (secondary N) is 1. The second kappa shape index (κ2) is 11.9. The summed E-state index contributed by atoms with van der Waals surface area (Å²) in [5.41, 5.74) is 2.72. The molecule has 0 spiro atoms. The van der Waals surface area contributed by atoms with Crippen LogP contribution >= 0.6 is 0 Å². The van der Waals surface area contributed by atoms with E-state index in [0.717, 1.165) is 45.1 Å². The van der Waals surface area contributed by atoms with Crippen molar-refractivity contribution in [2.24, 2.45) is 0 Å².